The number of esters is 1. The first kappa shape index (κ1) is 15.5. The lowest BCUT2D eigenvalue weighted by molar-refractivity contribution is -0.384. The maximum absolute atomic E-state index is 11.8. The molecule has 3 rings (SSSR count). The molecule has 1 aliphatic rings. The van der Waals surface area contributed by atoms with Gasteiger partial charge in [-0.2, -0.15) is 0 Å². The fourth-order valence-electron chi connectivity index (χ4n) is 2.47. The van der Waals surface area contributed by atoms with Crippen LogP contribution < -0.4 is 5.32 Å². The van der Waals surface area contributed by atoms with Gasteiger partial charge < -0.3 is 19.4 Å². The number of amides is 1. The molecule has 0 bridgehead atoms. The number of nitro groups is 1. The Hall–Kier alpha value is -3.43. The number of nitrogens with zero attached hydrogens (tertiary/aromatic N) is 3. The quantitative estimate of drug-likeness (QED) is 0.505. The zero-order chi connectivity index (χ0) is 17.3. The van der Waals surface area contributed by atoms with Crippen LogP contribution in [0.1, 0.15) is 11.7 Å². The molecule has 2 atom stereocenters. The molecule has 1 N–H and O–H groups in total. The number of rotatable bonds is 4. The summed E-state index contributed by atoms with van der Waals surface area (Å²) in [6.45, 7) is 0. The first-order valence-electron chi connectivity index (χ1n) is 6.83. The molecule has 10 nitrogen and oxygen atoms in total. The molecular weight excluding hydrogens is 320 g/mol. The second-order valence-corrected chi connectivity index (χ2v) is 4.95. The van der Waals surface area contributed by atoms with Gasteiger partial charge in [0, 0.05) is 24.0 Å². The normalized spacial score (nSPS) is 19.5. The summed E-state index contributed by atoms with van der Waals surface area (Å²) in [4.78, 5) is 37.9. The van der Waals surface area contributed by atoms with E-state index in [1.807, 2.05) is 0 Å². The summed E-state index contributed by atoms with van der Waals surface area (Å²) in [7, 11) is 1.18. The van der Waals surface area contributed by atoms with Gasteiger partial charge in [0.2, 0.25) is 0 Å². The highest BCUT2D eigenvalue weighted by Crippen LogP contribution is 2.32. The number of aromatic nitrogens is 2. The zero-order valence-corrected chi connectivity index (χ0v) is 12.4. The molecular formula is C14H12N4O6. The molecule has 0 spiro atoms. The van der Waals surface area contributed by atoms with Gasteiger partial charge in [0.15, 0.2) is 12.1 Å². The maximum atomic E-state index is 11.8. The number of alkyl carbamates (subject to hydrolysis) is 1. The van der Waals surface area contributed by atoms with Crippen LogP contribution in [0.3, 0.4) is 0 Å². The number of carbonyl (C=O) groups is 2. The Bertz CT molecular complexity index is 804. The molecule has 1 aromatic carbocycles. The third-order valence-electron chi connectivity index (χ3n) is 3.57. The molecule has 1 amide bonds. The number of cyclic esters (lactones) is 1. The number of benzene rings is 1. The highest BCUT2D eigenvalue weighted by molar-refractivity contribution is 5.85. The van der Waals surface area contributed by atoms with E-state index in [2.05, 4.69) is 15.0 Å². The Kier molecular flexibility index (Phi) is 3.86. The molecule has 1 aliphatic heterocycles. The van der Waals surface area contributed by atoms with Gasteiger partial charge in [-0.15, -0.1) is 0 Å². The van der Waals surface area contributed by atoms with Crippen molar-refractivity contribution in [3.63, 3.8) is 0 Å². The second-order valence-electron chi connectivity index (χ2n) is 4.95. The number of hydrogen-bond acceptors (Lipinski definition) is 7. The second kappa shape index (κ2) is 5.99. The average molecular weight is 332 g/mol. The minimum Gasteiger partial charge on any atom is -0.467 e. The van der Waals surface area contributed by atoms with Crippen LogP contribution in [0.5, 0.6) is 0 Å². The van der Waals surface area contributed by atoms with Crippen LogP contribution in [0.15, 0.2) is 36.9 Å². The predicted molar refractivity (Wildman–Crippen MR) is 78.4 cm³/mol. The Morgan fingerprint density at radius 1 is 1.50 bits per heavy atom. The summed E-state index contributed by atoms with van der Waals surface area (Å²) in [6.07, 6.45) is 2.68. The fraction of sp³-hybridized carbons (Fsp3) is 0.214. The lowest BCUT2D eigenvalue weighted by atomic mass is 10.0. The van der Waals surface area contributed by atoms with E-state index in [9.17, 15) is 19.7 Å². The van der Waals surface area contributed by atoms with Crippen LogP contribution in [0.2, 0.25) is 0 Å². The molecule has 1 fully saturated rings. The molecule has 124 valence electrons. The van der Waals surface area contributed by atoms with Crippen molar-refractivity contribution in [1.82, 2.24) is 14.9 Å². The van der Waals surface area contributed by atoms with Crippen molar-refractivity contribution in [1.29, 1.82) is 0 Å². The minimum absolute atomic E-state index is 0.211. The fourth-order valence-corrected chi connectivity index (χ4v) is 2.47. The van der Waals surface area contributed by atoms with E-state index in [-0.39, 0.29) is 5.69 Å². The minimum atomic E-state index is -1.07. The summed E-state index contributed by atoms with van der Waals surface area (Å²) in [6, 6.07) is 3.23. The Balaban J connectivity index is 2.03. The SMILES string of the molecule is COC(=O)[C@H]1NC(=O)O[C@H]1c1ccc(-n2ccnc2)c([N+](=O)[O-])c1. The van der Waals surface area contributed by atoms with Crippen LogP contribution >= 0.6 is 0 Å². The van der Waals surface area contributed by atoms with Crippen molar-refractivity contribution in [3.05, 3.63) is 52.6 Å². The number of ether oxygens (including phenoxy) is 2. The number of nitro benzene ring substituents is 1. The van der Waals surface area contributed by atoms with Crippen molar-refractivity contribution in [2.75, 3.05) is 7.11 Å². The van der Waals surface area contributed by atoms with Gasteiger partial charge in [0.05, 0.1) is 18.4 Å². The van der Waals surface area contributed by atoms with E-state index in [1.54, 1.807) is 12.3 Å². The van der Waals surface area contributed by atoms with Gasteiger partial charge in [-0.05, 0) is 6.07 Å². The molecule has 0 saturated carbocycles. The van der Waals surface area contributed by atoms with Crippen molar-refractivity contribution >= 4 is 17.7 Å². The highest BCUT2D eigenvalue weighted by atomic mass is 16.6. The summed E-state index contributed by atoms with van der Waals surface area (Å²) >= 11 is 0. The molecule has 2 aromatic rings. The number of carbonyl (C=O) groups excluding carboxylic acids is 2. The highest BCUT2D eigenvalue weighted by Gasteiger charge is 2.41. The van der Waals surface area contributed by atoms with E-state index in [0.29, 0.717) is 11.3 Å². The Labute approximate surface area is 135 Å². The molecule has 2 heterocycles. The van der Waals surface area contributed by atoms with Crippen molar-refractivity contribution in [2.24, 2.45) is 0 Å². The Morgan fingerprint density at radius 3 is 2.92 bits per heavy atom. The van der Waals surface area contributed by atoms with Gasteiger partial charge in [-0.25, -0.2) is 14.6 Å². The molecule has 0 unspecified atom stereocenters. The van der Waals surface area contributed by atoms with E-state index in [0.717, 1.165) is 0 Å². The first-order valence-corrected chi connectivity index (χ1v) is 6.83. The van der Waals surface area contributed by atoms with Crippen LogP contribution in [-0.2, 0) is 14.3 Å². The zero-order valence-electron chi connectivity index (χ0n) is 12.4. The topological polar surface area (TPSA) is 126 Å². The third kappa shape index (κ3) is 2.64. The summed E-state index contributed by atoms with van der Waals surface area (Å²) in [5.41, 5.74) is 0.393. The molecule has 1 saturated heterocycles. The van der Waals surface area contributed by atoms with Crippen LogP contribution in [-0.4, -0.2) is 39.7 Å². The number of hydrogen-bond donors (Lipinski definition) is 1. The van der Waals surface area contributed by atoms with Gasteiger partial charge in [-0.1, -0.05) is 6.07 Å². The Morgan fingerprint density at radius 2 is 2.29 bits per heavy atom. The van der Waals surface area contributed by atoms with E-state index in [1.165, 1.54) is 36.3 Å². The van der Waals surface area contributed by atoms with Crippen molar-refractivity contribution in [3.8, 4) is 5.69 Å². The van der Waals surface area contributed by atoms with Crippen LogP contribution in [0, 0.1) is 10.1 Å². The molecule has 0 aliphatic carbocycles. The standard InChI is InChI=1S/C14H12N4O6/c1-23-13(19)11-12(24-14(20)16-11)8-2-3-9(10(6-8)18(21)22)17-5-4-15-7-17/h2-7,11-12H,1H3,(H,16,20)/t11-,12-/m0/s1. The van der Waals surface area contributed by atoms with Crippen molar-refractivity contribution < 1.29 is 24.0 Å². The lowest BCUT2D eigenvalue weighted by Crippen LogP contribution is -2.36. The van der Waals surface area contributed by atoms with Gasteiger partial charge in [0.25, 0.3) is 5.69 Å². The largest absolute Gasteiger partial charge is 0.467 e. The first-order chi connectivity index (χ1) is 11.5. The van der Waals surface area contributed by atoms with Crippen LogP contribution in [0.25, 0.3) is 5.69 Å². The van der Waals surface area contributed by atoms with Crippen LogP contribution in [0.4, 0.5) is 10.5 Å². The average Bonchev–Trinajstić information content (AvgIpc) is 3.23. The number of imidazole rings is 1. The maximum Gasteiger partial charge on any atom is 0.408 e. The summed E-state index contributed by atoms with van der Waals surface area (Å²) in [5.74, 6) is -0.702. The molecule has 24 heavy (non-hydrogen) atoms. The predicted octanol–water partition coefficient (Wildman–Crippen LogP) is 1.10. The van der Waals surface area contributed by atoms with Gasteiger partial charge in [0.1, 0.15) is 5.69 Å². The van der Waals surface area contributed by atoms with Gasteiger partial charge >= 0.3 is 12.1 Å². The summed E-state index contributed by atoms with van der Waals surface area (Å²) < 4.78 is 11.2. The number of nitrogens with one attached hydrogen (secondary N) is 1. The van der Waals surface area contributed by atoms with E-state index in [4.69, 9.17) is 4.74 Å². The lowest BCUT2D eigenvalue weighted by Gasteiger charge is -2.15. The third-order valence-corrected chi connectivity index (χ3v) is 3.57. The number of methoxy groups -OCH3 is 1. The van der Waals surface area contributed by atoms with E-state index >= 15 is 0 Å². The van der Waals surface area contributed by atoms with Gasteiger partial charge in [-0.3, -0.25) is 10.1 Å². The van der Waals surface area contributed by atoms with E-state index < -0.39 is 29.1 Å². The smallest absolute Gasteiger partial charge is 0.408 e. The molecule has 10 heteroatoms. The monoisotopic (exact) mass is 332 g/mol. The van der Waals surface area contributed by atoms with Crippen molar-refractivity contribution in [2.45, 2.75) is 12.1 Å². The molecule has 0 radical (unpaired) electrons. The summed E-state index contributed by atoms with van der Waals surface area (Å²) in [5, 5.41) is 13.7. The molecule has 1 aromatic heterocycles.